The molecule has 0 saturated carbocycles. The monoisotopic (exact) mass is 276 g/mol. The average Bonchev–Trinajstić information content (AvgIpc) is 2.90. The van der Waals surface area contributed by atoms with Crippen LogP contribution in [0.4, 0.5) is 0 Å². The highest BCUT2D eigenvalue weighted by Crippen LogP contribution is 2.41. The van der Waals surface area contributed by atoms with E-state index in [2.05, 4.69) is 30.9 Å². The SMILES string of the molecule is CC(C)N1CCC(CN)C1c1ccc2c(c1)OCCO2. The molecule has 2 aliphatic heterocycles. The van der Waals surface area contributed by atoms with E-state index in [1.807, 2.05) is 6.07 Å². The zero-order valence-electron chi connectivity index (χ0n) is 12.3. The fourth-order valence-electron chi connectivity index (χ4n) is 3.42. The Kier molecular flexibility index (Phi) is 3.85. The number of ether oxygens (including phenoxy) is 2. The predicted molar refractivity (Wildman–Crippen MR) is 79.2 cm³/mol. The Bertz CT molecular complexity index is 476. The largest absolute Gasteiger partial charge is 0.486 e. The second-order valence-corrected chi connectivity index (χ2v) is 5.96. The summed E-state index contributed by atoms with van der Waals surface area (Å²) in [6, 6.07) is 7.28. The number of benzene rings is 1. The summed E-state index contributed by atoms with van der Waals surface area (Å²) in [5.41, 5.74) is 7.28. The Morgan fingerprint density at radius 3 is 2.70 bits per heavy atom. The van der Waals surface area contributed by atoms with Gasteiger partial charge in [-0.05, 0) is 57.0 Å². The standard InChI is InChI=1S/C16H24N2O2/c1-11(2)18-6-5-13(10-17)16(18)12-3-4-14-15(9-12)20-8-7-19-14/h3-4,9,11,13,16H,5-8,10,17H2,1-2H3. The van der Waals surface area contributed by atoms with Crippen molar-refractivity contribution in [3.05, 3.63) is 23.8 Å². The summed E-state index contributed by atoms with van der Waals surface area (Å²) in [7, 11) is 0. The molecule has 20 heavy (non-hydrogen) atoms. The zero-order chi connectivity index (χ0) is 14.1. The molecular weight excluding hydrogens is 252 g/mol. The fraction of sp³-hybridized carbons (Fsp3) is 0.625. The van der Waals surface area contributed by atoms with Crippen molar-refractivity contribution in [1.29, 1.82) is 0 Å². The molecule has 3 rings (SSSR count). The Balaban J connectivity index is 1.92. The number of hydrogen-bond acceptors (Lipinski definition) is 4. The van der Waals surface area contributed by atoms with Crippen molar-refractivity contribution in [2.24, 2.45) is 11.7 Å². The van der Waals surface area contributed by atoms with Crippen molar-refractivity contribution in [3.63, 3.8) is 0 Å². The first-order valence-electron chi connectivity index (χ1n) is 7.56. The molecule has 0 radical (unpaired) electrons. The van der Waals surface area contributed by atoms with E-state index in [1.54, 1.807) is 0 Å². The number of hydrogen-bond donors (Lipinski definition) is 1. The Labute approximate surface area is 120 Å². The van der Waals surface area contributed by atoms with Crippen molar-refractivity contribution >= 4 is 0 Å². The van der Waals surface area contributed by atoms with E-state index in [0.29, 0.717) is 31.2 Å². The molecule has 0 aromatic heterocycles. The lowest BCUT2D eigenvalue weighted by atomic mass is 9.93. The van der Waals surface area contributed by atoms with Crippen molar-refractivity contribution in [2.75, 3.05) is 26.3 Å². The molecule has 0 amide bonds. The minimum atomic E-state index is 0.399. The minimum Gasteiger partial charge on any atom is -0.486 e. The molecule has 2 heterocycles. The zero-order valence-corrected chi connectivity index (χ0v) is 12.3. The maximum atomic E-state index is 5.98. The Morgan fingerprint density at radius 1 is 1.25 bits per heavy atom. The molecule has 0 aliphatic carbocycles. The highest BCUT2D eigenvalue weighted by molar-refractivity contribution is 5.45. The van der Waals surface area contributed by atoms with Gasteiger partial charge >= 0.3 is 0 Å². The van der Waals surface area contributed by atoms with E-state index < -0.39 is 0 Å². The normalized spacial score (nSPS) is 26.2. The summed E-state index contributed by atoms with van der Waals surface area (Å²) in [5.74, 6) is 2.26. The van der Waals surface area contributed by atoms with Gasteiger partial charge in [-0.3, -0.25) is 4.90 Å². The van der Waals surface area contributed by atoms with Crippen LogP contribution in [0.5, 0.6) is 11.5 Å². The van der Waals surface area contributed by atoms with Gasteiger partial charge in [-0.25, -0.2) is 0 Å². The topological polar surface area (TPSA) is 47.7 Å². The number of rotatable bonds is 3. The summed E-state index contributed by atoms with van der Waals surface area (Å²) >= 11 is 0. The highest BCUT2D eigenvalue weighted by atomic mass is 16.6. The van der Waals surface area contributed by atoms with E-state index in [1.165, 1.54) is 12.0 Å². The lowest BCUT2D eigenvalue weighted by Crippen LogP contribution is -2.33. The molecule has 110 valence electrons. The van der Waals surface area contributed by atoms with Crippen LogP contribution in [0, 0.1) is 5.92 Å². The summed E-state index contributed by atoms with van der Waals surface area (Å²) in [6.07, 6.45) is 1.17. The lowest BCUT2D eigenvalue weighted by Gasteiger charge is -2.32. The van der Waals surface area contributed by atoms with Gasteiger partial charge < -0.3 is 15.2 Å². The van der Waals surface area contributed by atoms with E-state index in [0.717, 1.165) is 24.6 Å². The molecule has 4 nitrogen and oxygen atoms in total. The number of likely N-dealkylation sites (tertiary alicyclic amines) is 1. The van der Waals surface area contributed by atoms with Gasteiger partial charge in [-0.2, -0.15) is 0 Å². The molecule has 0 spiro atoms. The van der Waals surface area contributed by atoms with Gasteiger partial charge in [0.2, 0.25) is 0 Å². The fourth-order valence-corrected chi connectivity index (χ4v) is 3.42. The average molecular weight is 276 g/mol. The third kappa shape index (κ3) is 2.38. The van der Waals surface area contributed by atoms with Crippen LogP contribution in [0.15, 0.2) is 18.2 Å². The molecule has 1 aromatic rings. The van der Waals surface area contributed by atoms with E-state index in [9.17, 15) is 0 Å². The summed E-state index contributed by atoms with van der Waals surface area (Å²) in [4.78, 5) is 2.54. The first-order valence-corrected chi connectivity index (χ1v) is 7.56. The van der Waals surface area contributed by atoms with Crippen molar-refractivity contribution in [3.8, 4) is 11.5 Å². The molecule has 1 fully saturated rings. The van der Waals surface area contributed by atoms with Gasteiger partial charge in [-0.15, -0.1) is 0 Å². The van der Waals surface area contributed by atoms with E-state index >= 15 is 0 Å². The predicted octanol–water partition coefficient (Wildman–Crippen LogP) is 2.19. The molecule has 1 aromatic carbocycles. The van der Waals surface area contributed by atoms with Crippen LogP contribution in [0.1, 0.15) is 31.9 Å². The molecule has 2 unspecified atom stereocenters. The number of nitrogens with zero attached hydrogens (tertiary/aromatic N) is 1. The second-order valence-electron chi connectivity index (χ2n) is 5.96. The minimum absolute atomic E-state index is 0.399. The van der Waals surface area contributed by atoms with Gasteiger partial charge in [0.25, 0.3) is 0 Å². The lowest BCUT2D eigenvalue weighted by molar-refractivity contribution is 0.167. The number of nitrogens with two attached hydrogens (primary N) is 1. The van der Waals surface area contributed by atoms with Gasteiger partial charge in [0, 0.05) is 12.1 Å². The van der Waals surface area contributed by atoms with Crippen LogP contribution in [0.3, 0.4) is 0 Å². The Hall–Kier alpha value is -1.26. The summed E-state index contributed by atoms with van der Waals surface area (Å²) in [6.45, 7) is 7.64. The van der Waals surface area contributed by atoms with E-state index in [4.69, 9.17) is 15.2 Å². The highest BCUT2D eigenvalue weighted by Gasteiger charge is 2.36. The second kappa shape index (κ2) is 5.62. The van der Waals surface area contributed by atoms with Crippen molar-refractivity contribution in [1.82, 2.24) is 4.90 Å². The third-order valence-corrected chi connectivity index (χ3v) is 4.44. The molecule has 4 heteroatoms. The first-order chi connectivity index (χ1) is 9.70. The molecule has 1 saturated heterocycles. The van der Waals surface area contributed by atoms with Crippen LogP contribution >= 0.6 is 0 Å². The van der Waals surface area contributed by atoms with Gasteiger partial charge in [-0.1, -0.05) is 6.07 Å². The smallest absolute Gasteiger partial charge is 0.161 e. The van der Waals surface area contributed by atoms with Crippen LogP contribution in [-0.4, -0.2) is 37.2 Å². The quantitative estimate of drug-likeness (QED) is 0.919. The molecule has 2 atom stereocenters. The Morgan fingerprint density at radius 2 is 2.00 bits per heavy atom. The first kappa shape index (κ1) is 13.7. The molecule has 2 N–H and O–H groups in total. The van der Waals surface area contributed by atoms with Crippen LogP contribution in [0.2, 0.25) is 0 Å². The number of fused-ring (bicyclic) bond motifs is 1. The maximum Gasteiger partial charge on any atom is 0.161 e. The van der Waals surface area contributed by atoms with Crippen LogP contribution in [0.25, 0.3) is 0 Å². The summed E-state index contributed by atoms with van der Waals surface area (Å²) < 4.78 is 11.3. The van der Waals surface area contributed by atoms with Gasteiger partial charge in [0.15, 0.2) is 11.5 Å². The van der Waals surface area contributed by atoms with Crippen molar-refractivity contribution < 1.29 is 9.47 Å². The van der Waals surface area contributed by atoms with Crippen LogP contribution in [-0.2, 0) is 0 Å². The van der Waals surface area contributed by atoms with E-state index in [-0.39, 0.29) is 0 Å². The third-order valence-electron chi connectivity index (χ3n) is 4.44. The molecular formula is C16H24N2O2. The summed E-state index contributed by atoms with van der Waals surface area (Å²) in [5, 5.41) is 0. The van der Waals surface area contributed by atoms with Crippen LogP contribution < -0.4 is 15.2 Å². The van der Waals surface area contributed by atoms with Gasteiger partial charge in [0.1, 0.15) is 13.2 Å². The molecule has 0 bridgehead atoms. The van der Waals surface area contributed by atoms with Gasteiger partial charge in [0.05, 0.1) is 0 Å². The maximum absolute atomic E-state index is 5.98. The molecule has 2 aliphatic rings. The van der Waals surface area contributed by atoms with Crippen molar-refractivity contribution in [2.45, 2.75) is 32.4 Å².